The van der Waals surface area contributed by atoms with E-state index in [-0.39, 0.29) is 35.9 Å². The molecule has 0 radical (unpaired) electrons. The van der Waals surface area contributed by atoms with Crippen LogP contribution in [0, 0.1) is 34.2 Å². The molecule has 7 aromatic carbocycles. The smallest absolute Gasteiger partial charge is 0.269 e. The fourth-order valence-electron chi connectivity index (χ4n) is 13.1. The van der Waals surface area contributed by atoms with Crippen LogP contribution in [-0.4, -0.2) is 83.8 Å². The number of benzene rings is 7. The molecule has 2 aliphatic carbocycles. The molecule has 0 bridgehead atoms. The number of nitro benzene ring substituents is 1. The van der Waals surface area contributed by atoms with Gasteiger partial charge >= 0.3 is 0 Å². The standard InChI is InChI=1S/C15H24O.C14H12O.C12H14O3.C11H12O.C10H9FO.C10H9NO3.C10H14O.C10H16O.C10H10O.C9H16O.C8H8OS/c1-13(2)7-5-8-14(3)9-6-10-15(4)11-12-16;1-11(8-9-15)13-7-6-12-4-2-3-5-14(12)10-13;1-9(4-5-13)10-2-3-11(7-14)12(6-10)8-15;1-9-3-5-11(6-4-9)10(2)7-8-12;1-8(6-7-12)9-2-4-10(11)5-3-9;1-8(6-7-12)9-2-4-10(5-3-9)11(13)14;1-8-4-5-9(6-7-11)10(8,2)3;2*1-9(7-8-11)10-5-3-2-4-6-10;1-4-6-9(5-2)7-8(3)10;1-7(4-5-9)8-3-2-6-10-8/h7,9,11-12H,5-6,8,10H2,1-4H3;2-10H,1H3;2-6,14-15H,7-8H2,1H3;3-8H,1-2H3;2-7H,1H3;2-7H,1H3;4,6-7H,5H2,1-3H3;7-8,10H,2-6H2,1H3;2-8H,1H3;7H,4-6H2,1-3H3;2-6H,1H3/b14-9+,15-11?;;;;;;;;;;. The Bertz CT molecular complexity index is 5440. The van der Waals surface area contributed by atoms with Crippen LogP contribution in [0.25, 0.3) is 49.8 Å². The van der Waals surface area contributed by atoms with Gasteiger partial charge in [0.2, 0.25) is 0 Å². The minimum absolute atomic E-state index is 0.0488. The first-order chi connectivity index (χ1) is 65.5. The van der Waals surface area contributed by atoms with Crippen LogP contribution in [0.2, 0.25) is 0 Å². The quantitative estimate of drug-likeness (QED) is 0.0134. The Morgan fingerprint density at radius 2 is 0.883 bits per heavy atom. The molecule has 137 heavy (non-hydrogen) atoms. The maximum atomic E-state index is 12.4. The Morgan fingerprint density at radius 3 is 1.31 bits per heavy atom. The molecule has 1 aromatic heterocycles. The summed E-state index contributed by atoms with van der Waals surface area (Å²) in [4.78, 5) is 124. The predicted octanol–water partition coefficient (Wildman–Crippen LogP) is 29.1. The number of carbonyl (C=O) groups is 11. The Labute approximate surface area is 818 Å². The van der Waals surface area contributed by atoms with Crippen LogP contribution < -0.4 is 0 Å². The largest absolute Gasteiger partial charge is 0.392 e. The van der Waals surface area contributed by atoms with Crippen LogP contribution in [0.1, 0.15) is 263 Å². The van der Waals surface area contributed by atoms with Gasteiger partial charge in [0.05, 0.1) is 18.1 Å². The average molecular weight is 1880 g/mol. The number of aldehydes is 10. The lowest BCUT2D eigenvalue weighted by Gasteiger charge is -2.22. The molecule has 2 aliphatic rings. The second-order valence-electron chi connectivity index (χ2n) is 33.3. The molecule has 0 aliphatic heterocycles. The minimum Gasteiger partial charge on any atom is -0.392 e. The first-order valence-electron chi connectivity index (χ1n) is 45.9. The van der Waals surface area contributed by atoms with E-state index >= 15 is 0 Å². The van der Waals surface area contributed by atoms with Gasteiger partial charge in [-0.05, 0) is 377 Å². The van der Waals surface area contributed by atoms with Crippen molar-refractivity contribution in [1.82, 2.24) is 0 Å². The van der Waals surface area contributed by atoms with Gasteiger partial charge in [-0.3, -0.25) is 62.9 Å². The monoisotopic (exact) mass is 1880 g/mol. The SMILES string of the molecule is CC(=CC=O)C1CCCCC1.CC(=CC=O)c1ccc(C)cc1.CC(=CC=O)c1ccc(CO)c(CO)c1.CC(=CC=O)c1ccc(F)cc1.CC(=CC=O)c1ccc([N+](=O)[O-])cc1.CC(=CC=O)c1ccc2ccccc2c1.CC(=CC=O)c1ccccc1.CC(=CC=O)c1cccs1.CC(C)=CCC/C(C)=C/CCC(C)=CC=O.CC1=CCC(=CC=O)C1(C)C.CCCC(=CC(C)=O)CC. The molecule has 1 fully saturated rings. The molecule has 18 heteroatoms. The lowest BCUT2D eigenvalue weighted by Crippen LogP contribution is -2.11. The van der Waals surface area contributed by atoms with Gasteiger partial charge in [-0.1, -0.05) is 238 Å². The van der Waals surface area contributed by atoms with E-state index in [0.29, 0.717) is 23.3 Å². The number of aliphatic hydroxyl groups is 2. The van der Waals surface area contributed by atoms with E-state index in [4.69, 9.17) is 10.2 Å². The number of carbonyl (C=O) groups excluding carboxylic acids is 11. The molecular weight excluding hydrogens is 1730 g/mol. The van der Waals surface area contributed by atoms with Crippen LogP contribution in [0.15, 0.2) is 305 Å². The number of halogens is 1. The summed E-state index contributed by atoms with van der Waals surface area (Å²) >= 11 is 1.64. The van der Waals surface area contributed by atoms with Crippen molar-refractivity contribution in [3.63, 3.8) is 0 Å². The van der Waals surface area contributed by atoms with Gasteiger partial charge in [0.15, 0.2) is 5.78 Å². The number of rotatable bonds is 31. The minimum atomic E-state index is -0.456. The highest BCUT2D eigenvalue weighted by Crippen LogP contribution is 2.42. The number of hydrogen-bond acceptors (Lipinski definition) is 16. The Hall–Kier alpha value is -13.5. The molecule has 0 atom stereocenters. The van der Waals surface area contributed by atoms with Gasteiger partial charge in [0, 0.05) is 22.4 Å². The van der Waals surface area contributed by atoms with E-state index in [1.807, 2.05) is 152 Å². The molecular formula is C119H144FNO15S. The summed E-state index contributed by atoms with van der Waals surface area (Å²) in [6, 6.07) is 53.8. The van der Waals surface area contributed by atoms with Crippen LogP contribution >= 0.6 is 11.3 Å². The second kappa shape index (κ2) is 74.8. The number of thiophene rings is 1. The van der Waals surface area contributed by atoms with Crippen molar-refractivity contribution in [3.05, 3.63) is 376 Å². The van der Waals surface area contributed by atoms with Crippen LogP contribution in [0.5, 0.6) is 0 Å². The Morgan fingerprint density at radius 1 is 0.453 bits per heavy atom. The maximum Gasteiger partial charge on any atom is 0.269 e. The molecule has 2 N–H and O–H groups in total. The molecule has 728 valence electrons. The number of ketones is 1. The van der Waals surface area contributed by atoms with E-state index in [9.17, 15) is 67.2 Å². The van der Waals surface area contributed by atoms with E-state index in [2.05, 4.69) is 105 Å². The average Bonchev–Trinajstić information content (AvgIpc) is 1.65. The zero-order valence-corrected chi connectivity index (χ0v) is 84.6. The summed E-state index contributed by atoms with van der Waals surface area (Å²) < 4.78 is 12.4. The molecule has 0 spiro atoms. The van der Waals surface area contributed by atoms with Gasteiger partial charge in [0.1, 0.15) is 68.7 Å². The summed E-state index contributed by atoms with van der Waals surface area (Å²) in [5.74, 6) is 0.608. The van der Waals surface area contributed by atoms with Crippen molar-refractivity contribution in [3.8, 4) is 0 Å². The number of nitrogens with zero attached hydrogens (tertiary/aromatic N) is 1. The van der Waals surface area contributed by atoms with Crippen molar-refractivity contribution in [2.75, 3.05) is 0 Å². The molecule has 8 aromatic rings. The third-order valence-corrected chi connectivity index (χ3v) is 23.1. The summed E-state index contributed by atoms with van der Waals surface area (Å²) in [6.45, 7) is 37.7. The topological polar surface area (TPSA) is 271 Å². The predicted molar refractivity (Wildman–Crippen MR) is 570 cm³/mol. The third kappa shape index (κ3) is 54.6. The first-order valence-corrected chi connectivity index (χ1v) is 46.8. The molecule has 0 amide bonds. The number of allylic oxidation sites excluding steroid dienone is 28. The van der Waals surface area contributed by atoms with E-state index in [0.717, 1.165) is 191 Å². The highest BCUT2D eigenvalue weighted by molar-refractivity contribution is 7.11. The number of nitro groups is 1. The third-order valence-electron chi connectivity index (χ3n) is 22.1. The zero-order chi connectivity index (χ0) is 103. The van der Waals surface area contributed by atoms with Crippen molar-refractivity contribution in [2.24, 2.45) is 11.3 Å². The molecule has 1 saturated carbocycles. The second-order valence-corrected chi connectivity index (χ2v) is 34.2. The lowest BCUT2D eigenvalue weighted by molar-refractivity contribution is -0.384. The first kappa shape index (κ1) is 123. The van der Waals surface area contributed by atoms with Gasteiger partial charge in [-0.15, -0.1) is 11.3 Å². The number of hydrogen-bond donors (Lipinski definition) is 2. The number of fused-ring (bicyclic) bond motifs is 1. The summed E-state index contributed by atoms with van der Waals surface area (Å²) in [5, 5.41) is 32.9. The molecule has 0 unspecified atom stereocenters. The lowest BCUT2D eigenvalue weighted by atomic mass is 9.82. The van der Waals surface area contributed by atoms with Crippen LogP contribution in [0.3, 0.4) is 0 Å². The molecule has 10 rings (SSSR count). The maximum absolute atomic E-state index is 12.4. The molecule has 1 heterocycles. The highest BCUT2D eigenvalue weighted by Gasteiger charge is 2.29. The Balaban J connectivity index is 0.00000149. The van der Waals surface area contributed by atoms with Crippen molar-refractivity contribution < 1.29 is 72.3 Å². The van der Waals surface area contributed by atoms with Gasteiger partial charge in [-0.25, -0.2) is 4.39 Å². The van der Waals surface area contributed by atoms with Crippen LogP contribution in [-0.2, 0) is 66.0 Å². The van der Waals surface area contributed by atoms with E-state index in [1.165, 1.54) is 124 Å². The van der Waals surface area contributed by atoms with Gasteiger partial charge in [-0.2, -0.15) is 0 Å². The highest BCUT2D eigenvalue weighted by atomic mass is 32.1. The summed E-state index contributed by atoms with van der Waals surface area (Å²) in [5.41, 5.74) is 24.3. The molecule has 16 nitrogen and oxygen atoms in total. The number of non-ortho nitro benzene ring substituents is 1. The summed E-state index contributed by atoms with van der Waals surface area (Å²) in [7, 11) is 0. The number of aliphatic hydroxyl groups excluding tert-OH is 2. The normalized spacial score (nSPS) is 13.5. The zero-order valence-electron chi connectivity index (χ0n) is 83.8. The van der Waals surface area contributed by atoms with Gasteiger partial charge < -0.3 is 10.2 Å². The fourth-order valence-corrected chi connectivity index (χ4v) is 13.9. The summed E-state index contributed by atoms with van der Waals surface area (Å²) in [6.07, 6.45) is 47.3. The van der Waals surface area contributed by atoms with Gasteiger partial charge in [0.25, 0.3) is 5.69 Å². The van der Waals surface area contributed by atoms with E-state index in [1.54, 1.807) is 110 Å². The van der Waals surface area contributed by atoms with Crippen molar-refractivity contribution in [2.45, 2.75) is 228 Å². The number of aryl methyl sites for hydroxylation is 1. The van der Waals surface area contributed by atoms with Crippen LogP contribution in [0.4, 0.5) is 10.1 Å². The van der Waals surface area contributed by atoms with Crippen molar-refractivity contribution >= 4 is 135 Å². The van der Waals surface area contributed by atoms with Crippen molar-refractivity contribution in [1.29, 1.82) is 0 Å². The fraction of sp³-hybridized carbons (Fsp3) is 0.303. The molecule has 0 saturated heterocycles. The Kier molecular flexibility index (Phi) is 67.4. The van der Waals surface area contributed by atoms with E-state index < -0.39 is 4.92 Å².